The van der Waals surface area contributed by atoms with Crippen LogP contribution in [-0.2, 0) is 4.79 Å². The number of aliphatic hydroxyl groups is 1. The van der Waals surface area contributed by atoms with Gasteiger partial charge in [0.25, 0.3) is 5.89 Å². The average Bonchev–Trinajstić information content (AvgIpc) is 3.45. The van der Waals surface area contributed by atoms with Crippen molar-refractivity contribution < 1.29 is 27.9 Å². The number of rotatable bonds is 8. The third-order valence-electron chi connectivity index (χ3n) is 5.75. The lowest BCUT2D eigenvalue weighted by Crippen LogP contribution is -2.37. The summed E-state index contributed by atoms with van der Waals surface area (Å²) in [6, 6.07) is 5.81. The molecule has 1 aliphatic carbocycles. The molecule has 1 saturated heterocycles. The number of likely N-dealkylation sites (tertiary alicyclic amines) is 1. The third kappa shape index (κ3) is 4.08. The SMILES string of the molecule is C=C(C1=C(/C=C\C)[C@@H]2[C@@H](CC(=O)N2CCO)C1)c1noc(-c2ccc(OC(F)F)cc2)n1. The Hall–Kier alpha value is -3.33. The van der Waals surface area contributed by atoms with Gasteiger partial charge in [-0.3, -0.25) is 4.79 Å². The number of ether oxygens (including phenoxy) is 1. The number of hydrogen-bond acceptors (Lipinski definition) is 6. The summed E-state index contributed by atoms with van der Waals surface area (Å²) in [5.41, 5.74) is 3.10. The van der Waals surface area contributed by atoms with E-state index < -0.39 is 6.61 Å². The highest BCUT2D eigenvalue weighted by Crippen LogP contribution is 2.46. The molecule has 32 heavy (non-hydrogen) atoms. The van der Waals surface area contributed by atoms with Gasteiger partial charge in [0, 0.05) is 24.1 Å². The number of β-amino-alcohol motifs (C(OH)–C–C–N with tert-alkyl or cyclic N) is 1. The average molecular weight is 443 g/mol. The van der Waals surface area contributed by atoms with Crippen molar-refractivity contribution in [3.05, 3.63) is 60.0 Å². The molecule has 1 amide bonds. The Morgan fingerprint density at radius 2 is 2.12 bits per heavy atom. The molecule has 0 unspecified atom stereocenters. The smallest absolute Gasteiger partial charge is 0.387 e. The lowest BCUT2D eigenvalue weighted by Gasteiger charge is -2.25. The van der Waals surface area contributed by atoms with Crippen LogP contribution >= 0.6 is 0 Å². The van der Waals surface area contributed by atoms with Gasteiger partial charge in [0.15, 0.2) is 0 Å². The van der Waals surface area contributed by atoms with E-state index in [-0.39, 0.29) is 36.1 Å². The van der Waals surface area contributed by atoms with Crippen LogP contribution in [0.5, 0.6) is 5.75 Å². The standard InChI is InChI=1S/C23H23F2N3O4/c1-3-4-17-18(11-15-12-19(30)28(9-10-29)20(15)17)13(2)21-26-22(32-27-21)14-5-7-16(8-6-14)31-23(24)25/h3-8,15,20,23,29H,2,9-12H2,1H3/b4-3-/t15-,20+/m1/s1. The van der Waals surface area contributed by atoms with Gasteiger partial charge in [-0.25, -0.2) is 0 Å². The van der Waals surface area contributed by atoms with Crippen LogP contribution < -0.4 is 4.74 Å². The van der Waals surface area contributed by atoms with Gasteiger partial charge in [0.1, 0.15) is 5.75 Å². The number of carbonyl (C=O) groups is 1. The summed E-state index contributed by atoms with van der Waals surface area (Å²) < 4.78 is 34.4. The molecule has 7 nitrogen and oxygen atoms in total. The molecule has 2 aromatic rings. The van der Waals surface area contributed by atoms with Gasteiger partial charge in [-0.15, -0.1) is 0 Å². The van der Waals surface area contributed by atoms with Crippen molar-refractivity contribution in [2.45, 2.75) is 32.4 Å². The molecule has 1 aliphatic heterocycles. The molecular formula is C23H23F2N3O4. The molecule has 2 atom stereocenters. The number of aromatic nitrogens is 2. The highest BCUT2D eigenvalue weighted by atomic mass is 19.3. The fourth-order valence-corrected chi connectivity index (χ4v) is 4.45. The van der Waals surface area contributed by atoms with Crippen LogP contribution in [0.3, 0.4) is 0 Å². The molecule has 9 heteroatoms. The maximum Gasteiger partial charge on any atom is 0.387 e. The van der Waals surface area contributed by atoms with E-state index in [0.717, 1.165) is 11.1 Å². The number of allylic oxidation sites excluding steroid dienone is 3. The summed E-state index contributed by atoms with van der Waals surface area (Å²) in [5, 5.41) is 13.4. The molecule has 1 N–H and O–H groups in total. The number of amides is 1. The molecule has 1 aromatic carbocycles. The molecule has 0 saturated carbocycles. The summed E-state index contributed by atoms with van der Waals surface area (Å²) in [6.07, 6.45) is 4.96. The van der Waals surface area contributed by atoms with Crippen LogP contribution in [0, 0.1) is 5.92 Å². The molecule has 0 bridgehead atoms. The fraction of sp³-hybridized carbons (Fsp3) is 0.348. The van der Waals surface area contributed by atoms with E-state index in [1.807, 2.05) is 19.1 Å². The summed E-state index contributed by atoms with van der Waals surface area (Å²) in [6.45, 7) is 3.38. The maximum atomic E-state index is 12.4. The largest absolute Gasteiger partial charge is 0.435 e. The van der Waals surface area contributed by atoms with Crippen LogP contribution in [0.25, 0.3) is 17.0 Å². The number of benzene rings is 1. The summed E-state index contributed by atoms with van der Waals surface area (Å²) in [4.78, 5) is 18.5. The van der Waals surface area contributed by atoms with Crippen LogP contribution in [0.4, 0.5) is 8.78 Å². The van der Waals surface area contributed by atoms with E-state index in [0.29, 0.717) is 36.3 Å². The van der Waals surface area contributed by atoms with Crippen molar-refractivity contribution in [2.24, 2.45) is 5.92 Å². The number of fused-ring (bicyclic) bond motifs is 1. The number of alkyl halides is 2. The number of nitrogens with zero attached hydrogens (tertiary/aromatic N) is 3. The Bertz CT molecular complexity index is 1080. The summed E-state index contributed by atoms with van der Waals surface area (Å²) >= 11 is 0. The zero-order valence-electron chi connectivity index (χ0n) is 17.5. The van der Waals surface area contributed by atoms with Crippen LogP contribution in [0.15, 0.2) is 58.7 Å². The maximum absolute atomic E-state index is 12.4. The predicted octanol–water partition coefficient (Wildman–Crippen LogP) is 3.84. The monoisotopic (exact) mass is 443 g/mol. The van der Waals surface area contributed by atoms with Gasteiger partial charge in [0.05, 0.1) is 12.6 Å². The van der Waals surface area contributed by atoms with Gasteiger partial charge >= 0.3 is 6.61 Å². The van der Waals surface area contributed by atoms with E-state index in [2.05, 4.69) is 21.5 Å². The number of halogens is 2. The lowest BCUT2D eigenvalue weighted by molar-refractivity contribution is -0.129. The lowest BCUT2D eigenvalue weighted by atomic mass is 9.99. The first-order valence-electron chi connectivity index (χ1n) is 10.3. The van der Waals surface area contributed by atoms with Gasteiger partial charge in [-0.1, -0.05) is 23.9 Å². The number of carbonyl (C=O) groups excluding carboxylic acids is 1. The Morgan fingerprint density at radius 1 is 1.38 bits per heavy atom. The number of hydrogen-bond donors (Lipinski definition) is 1. The highest BCUT2D eigenvalue weighted by molar-refractivity contribution is 5.84. The molecule has 0 spiro atoms. The van der Waals surface area contributed by atoms with Gasteiger partial charge in [0.2, 0.25) is 11.7 Å². The third-order valence-corrected chi connectivity index (χ3v) is 5.75. The minimum absolute atomic E-state index is 0.0357. The molecule has 168 valence electrons. The van der Waals surface area contributed by atoms with Crippen molar-refractivity contribution in [2.75, 3.05) is 13.2 Å². The van der Waals surface area contributed by atoms with Gasteiger partial charge in [-0.2, -0.15) is 13.8 Å². The summed E-state index contributed by atoms with van der Waals surface area (Å²) in [7, 11) is 0. The molecule has 1 fully saturated rings. The quantitative estimate of drug-likeness (QED) is 0.667. The molecule has 4 rings (SSSR count). The van der Waals surface area contributed by atoms with Gasteiger partial charge < -0.3 is 19.3 Å². The van der Waals surface area contributed by atoms with E-state index in [9.17, 15) is 18.7 Å². The Morgan fingerprint density at radius 3 is 2.78 bits per heavy atom. The Kier molecular flexibility index (Phi) is 6.18. The second-order valence-corrected chi connectivity index (χ2v) is 7.66. The van der Waals surface area contributed by atoms with Crippen LogP contribution in [-0.4, -0.2) is 51.9 Å². The van der Waals surface area contributed by atoms with E-state index in [1.165, 1.54) is 12.1 Å². The van der Waals surface area contributed by atoms with E-state index in [4.69, 9.17) is 4.52 Å². The summed E-state index contributed by atoms with van der Waals surface area (Å²) in [5.74, 6) is 0.745. The molecule has 2 aliphatic rings. The molecular weight excluding hydrogens is 420 g/mol. The zero-order valence-corrected chi connectivity index (χ0v) is 17.5. The van der Waals surface area contributed by atoms with Crippen molar-refractivity contribution in [3.8, 4) is 17.2 Å². The van der Waals surface area contributed by atoms with Crippen molar-refractivity contribution in [1.82, 2.24) is 15.0 Å². The number of aliphatic hydroxyl groups excluding tert-OH is 1. The van der Waals surface area contributed by atoms with Crippen molar-refractivity contribution in [3.63, 3.8) is 0 Å². The van der Waals surface area contributed by atoms with E-state index in [1.54, 1.807) is 17.0 Å². The highest BCUT2D eigenvalue weighted by Gasteiger charge is 2.46. The van der Waals surface area contributed by atoms with E-state index >= 15 is 0 Å². The Balaban J connectivity index is 1.60. The van der Waals surface area contributed by atoms with Crippen LogP contribution in [0.1, 0.15) is 25.6 Å². The van der Waals surface area contributed by atoms with Crippen molar-refractivity contribution >= 4 is 11.5 Å². The minimum Gasteiger partial charge on any atom is -0.435 e. The van der Waals surface area contributed by atoms with Crippen molar-refractivity contribution in [1.29, 1.82) is 0 Å². The molecule has 0 radical (unpaired) electrons. The second-order valence-electron chi connectivity index (χ2n) is 7.66. The fourth-order valence-electron chi connectivity index (χ4n) is 4.45. The predicted molar refractivity (Wildman–Crippen MR) is 113 cm³/mol. The molecule has 2 heterocycles. The first kappa shape index (κ1) is 21.9. The van der Waals surface area contributed by atoms with Gasteiger partial charge in [-0.05, 0) is 54.7 Å². The Labute approximate surface area is 183 Å². The molecule has 1 aromatic heterocycles. The second kappa shape index (κ2) is 9.04. The first-order chi connectivity index (χ1) is 15.4. The van der Waals surface area contributed by atoms with Crippen LogP contribution in [0.2, 0.25) is 0 Å². The topological polar surface area (TPSA) is 88.7 Å². The zero-order chi connectivity index (χ0) is 22.8. The normalized spacial score (nSPS) is 20.7. The minimum atomic E-state index is -2.90. The first-order valence-corrected chi connectivity index (χ1v) is 10.3.